The molecule has 1 heterocycles. The van der Waals surface area contributed by atoms with Crippen LogP contribution in [0.3, 0.4) is 0 Å². The van der Waals surface area contributed by atoms with E-state index in [1.54, 1.807) is 43.7 Å². The highest BCUT2D eigenvalue weighted by Crippen LogP contribution is 2.34. The second kappa shape index (κ2) is 7.98. The number of ether oxygens (including phenoxy) is 3. The van der Waals surface area contributed by atoms with E-state index >= 15 is 0 Å². The number of esters is 1. The van der Waals surface area contributed by atoms with Crippen LogP contribution < -0.4 is 15.0 Å². The maximum absolute atomic E-state index is 12.2. The third kappa shape index (κ3) is 3.90. The average Bonchev–Trinajstić information content (AvgIpc) is 2.60. The zero-order valence-electron chi connectivity index (χ0n) is 14.5. The molecule has 0 fully saturated rings. The SMILES string of the molecule is CCOC(=O)C(C)n1c(-c2ccc(OC)cc2OC)cc(=O)[nH]c1=S. The van der Waals surface area contributed by atoms with Crippen molar-refractivity contribution in [2.45, 2.75) is 19.9 Å². The van der Waals surface area contributed by atoms with Gasteiger partial charge in [-0.2, -0.15) is 0 Å². The standard InChI is InChI=1S/C17H20N2O5S/c1-5-24-16(21)10(2)19-13(9-15(20)18-17(19)25)12-7-6-11(22-3)8-14(12)23-4/h6-10H,5H2,1-4H3,(H,18,20,25). The van der Waals surface area contributed by atoms with Gasteiger partial charge >= 0.3 is 5.97 Å². The molecule has 0 saturated carbocycles. The van der Waals surface area contributed by atoms with Crippen molar-refractivity contribution in [1.82, 2.24) is 9.55 Å². The van der Waals surface area contributed by atoms with Crippen LogP contribution in [0.2, 0.25) is 0 Å². The Bertz CT molecular complexity index is 887. The fourth-order valence-electron chi connectivity index (χ4n) is 2.48. The van der Waals surface area contributed by atoms with Crippen molar-refractivity contribution in [1.29, 1.82) is 0 Å². The molecular weight excluding hydrogens is 344 g/mol. The van der Waals surface area contributed by atoms with Crippen molar-refractivity contribution >= 4 is 18.2 Å². The first-order chi connectivity index (χ1) is 11.9. The van der Waals surface area contributed by atoms with Gasteiger partial charge in [0.2, 0.25) is 0 Å². The van der Waals surface area contributed by atoms with Crippen molar-refractivity contribution in [2.24, 2.45) is 0 Å². The molecule has 0 bridgehead atoms. The highest BCUT2D eigenvalue weighted by molar-refractivity contribution is 7.71. The summed E-state index contributed by atoms with van der Waals surface area (Å²) < 4.78 is 17.3. The van der Waals surface area contributed by atoms with Crippen LogP contribution in [0, 0.1) is 4.77 Å². The van der Waals surface area contributed by atoms with Crippen LogP contribution in [0.1, 0.15) is 19.9 Å². The minimum atomic E-state index is -0.717. The number of rotatable bonds is 6. The van der Waals surface area contributed by atoms with Gasteiger partial charge in [0.25, 0.3) is 5.56 Å². The molecule has 2 rings (SSSR count). The number of carbonyl (C=O) groups excluding carboxylic acids is 1. The largest absolute Gasteiger partial charge is 0.497 e. The van der Waals surface area contributed by atoms with E-state index in [0.717, 1.165) is 0 Å². The lowest BCUT2D eigenvalue weighted by Gasteiger charge is -2.20. The summed E-state index contributed by atoms with van der Waals surface area (Å²) >= 11 is 5.27. The van der Waals surface area contributed by atoms with Crippen LogP contribution in [0.4, 0.5) is 0 Å². The molecule has 0 amide bonds. The molecule has 0 radical (unpaired) electrons. The van der Waals surface area contributed by atoms with E-state index in [1.165, 1.54) is 13.2 Å². The highest BCUT2D eigenvalue weighted by Gasteiger charge is 2.22. The predicted molar refractivity (Wildman–Crippen MR) is 95.8 cm³/mol. The molecule has 134 valence electrons. The molecule has 7 nitrogen and oxygen atoms in total. The minimum Gasteiger partial charge on any atom is -0.497 e. The van der Waals surface area contributed by atoms with Gasteiger partial charge in [0, 0.05) is 17.7 Å². The number of H-pyrrole nitrogens is 1. The molecule has 1 aromatic carbocycles. The van der Waals surface area contributed by atoms with Gasteiger partial charge in [0.15, 0.2) is 4.77 Å². The van der Waals surface area contributed by atoms with Crippen LogP contribution in [-0.4, -0.2) is 36.3 Å². The number of methoxy groups -OCH3 is 2. The molecule has 8 heteroatoms. The summed E-state index contributed by atoms with van der Waals surface area (Å²) in [5.74, 6) is 0.651. The van der Waals surface area contributed by atoms with E-state index in [9.17, 15) is 9.59 Å². The number of benzene rings is 1. The normalized spacial score (nSPS) is 11.7. The molecule has 25 heavy (non-hydrogen) atoms. The van der Waals surface area contributed by atoms with Gasteiger partial charge in [0.1, 0.15) is 17.5 Å². The van der Waals surface area contributed by atoms with Crippen LogP contribution in [0.25, 0.3) is 11.3 Å². The summed E-state index contributed by atoms with van der Waals surface area (Å²) in [6, 6.07) is 5.83. The minimum absolute atomic E-state index is 0.126. The monoisotopic (exact) mass is 364 g/mol. The molecule has 0 saturated heterocycles. The highest BCUT2D eigenvalue weighted by atomic mass is 32.1. The van der Waals surface area contributed by atoms with Crippen molar-refractivity contribution in [3.63, 3.8) is 0 Å². The molecule has 1 N–H and O–H groups in total. The Balaban J connectivity index is 2.72. The first kappa shape index (κ1) is 18.7. The van der Waals surface area contributed by atoms with Crippen molar-refractivity contribution in [2.75, 3.05) is 20.8 Å². The first-order valence-corrected chi connectivity index (χ1v) is 8.08. The summed E-state index contributed by atoms with van der Waals surface area (Å²) in [6.07, 6.45) is 0. The van der Waals surface area contributed by atoms with Crippen LogP contribution >= 0.6 is 12.2 Å². The van der Waals surface area contributed by atoms with Crippen LogP contribution in [0.5, 0.6) is 11.5 Å². The smallest absolute Gasteiger partial charge is 0.328 e. The number of nitrogens with zero attached hydrogens (tertiary/aromatic N) is 1. The maximum Gasteiger partial charge on any atom is 0.328 e. The van der Waals surface area contributed by atoms with Gasteiger partial charge in [0.05, 0.1) is 26.5 Å². The molecule has 0 aliphatic rings. The Labute approximate surface area is 150 Å². The van der Waals surface area contributed by atoms with Gasteiger partial charge < -0.3 is 18.8 Å². The number of aromatic nitrogens is 2. The van der Waals surface area contributed by atoms with E-state index in [1.807, 2.05) is 0 Å². The second-order valence-corrected chi connectivity index (χ2v) is 5.57. The third-order valence-electron chi connectivity index (χ3n) is 3.68. The number of nitrogens with one attached hydrogen (secondary N) is 1. The van der Waals surface area contributed by atoms with Gasteiger partial charge in [-0.25, -0.2) is 4.79 Å². The van der Waals surface area contributed by atoms with Gasteiger partial charge in [-0.1, -0.05) is 0 Å². The molecule has 2 aromatic rings. The quantitative estimate of drug-likeness (QED) is 0.627. The molecule has 1 atom stereocenters. The topological polar surface area (TPSA) is 82.5 Å². The molecule has 0 aliphatic heterocycles. The molecule has 1 aromatic heterocycles. The summed E-state index contributed by atoms with van der Waals surface area (Å²) in [5, 5.41) is 0. The Morgan fingerprint density at radius 2 is 2.00 bits per heavy atom. The maximum atomic E-state index is 12.2. The summed E-state index contributed by atoms with van der Waals surface area (Å²) in [6.45, 7) is 3.64. The average molecular weight is 364 g/mol. The van der Waals surface area contributed by atoms with Crippen molar-refractivity contribution in [3.05, 3.63) is 39.4 Å². The van der Waals surface area contributed by atoms with E-state index in [-0.39, 0.29) is 16.9 Å². The fraction of sp³-hybridized carbons (Fsp3) is 0.353. The van der Waals surface area contributed by atoms with Gasteiger partial charge in [-0.15, -0.1) is 0 Å². The summed E-state index contributed by atoms with van der Waals surface area (Å²) in [4.78, 5) is 26.7. The molecule has 0 aliphatic carbocycles. The van der Waals surface area contributed by atoms with Gasteiger partial charge in [-0.3, -0.25) is 9.78 Å². The van der Waals surface area contributed by atoms with E-state index in [0.29, 0.717) is 22.8 Å². The zero-order valence-corrected chi connectivity index (χ0v) is 15.3. The third-order valence-corrected chi connectivity index (χ3v) is 3.97. The predicted octanol–water partition coefficient (Wildman–Crippen LogP) is 2.71. The number of aromatic amines is 1. The lowest BCUT2D eigenvalue weighted by Crippen LogP contribution is -2.24. The first-order valence-electron chi connectivity index (χ1n) is 7.67. The Kier molecular flexibility index (Phi) is 5.97. The Hall–Kier alpha value is -2.61. The number of carbonyl (C=O) groups is 1. The Morgan fingerprint density at radius 1 is 1.28 bits per heavy atom. The van der Waals surface area contributed by atoms with Crippen molar-refractivity contribution in [3.8, 4) is 22.8 Å². The van der Waals surface area contributed by atoms with Crippen molar-refractivity contribution < 1.29 is 19.0 Å². The van der Waals surface area contributed by atoms with E-state index in [2.05, 4.69) is 4.98 Å². The zero-order chi connectivity index (χ0) is 18.6. The van der Waals surface area contributed by atoms with Crippen LogP contribution in [-0.2, 0) is 9.53 Å². The molecular formula is C17H20N2O5S. The molecule has 0 spiro atoms. The molecule has 1 unspecified atom stereocenters. The fourth-order valence-corrected chi connectivity index (χ4v) is 2.83. The number of hydrogen-bond donors (Lipinski definition) is 1. The summed E-state index contributed by atoms with van der Waals surface area (Å²) in [5.41, 5.74) is 0.690. The lowest BCUT2D eigenvalue weighted by atomic mass is 10.1. The van der Waals surface area contributed by atoms with Gasteiger partial charge in [-0.05, 0) is 38.2 Å². The number of hydrogen-bond acceptors (Lipinski definition) is 6. The lowest BCUT2D eigenvalue weighted by molar-refractivity contribution is -0.146. The van der Waals surface area contributed by atoms with E-state index in [4.69, 9.17) is 26.4 Å². The van der Waals surface area contributed by atoms with E-state index < -0.39 is 12.0 Å². The summed E-state index contributed by atoms with van der Waals surface area (Å²) in [7, 11) is 3.06. The van der Waals surface area contributed by atoms with Crippen LogP contribution in [0.15, 0.2) is 29.1 Å². The Morgan fingerprint density at radius 3 is 2.60 bits per heavy atom. The second-order valence-electron chi connectivity index (χ2n) is 5.19.